The molecule has 2 nitrogen and oxygen atoms in total. The van der Waals surface area contributed by atoms with Crippen molar-refractivity contribution in [3.05, 3.63) is 88.1 Å². The summed E-state index contributed by atoms with van der Waals surface area (Å²) in [5.41, 5.74) is 4.42. The summed E-state index contributed by atoms with van der Waals surface area (Å²) < 4.78 is 0. The summed E-state index contributed by atoms with van der Waals surface area (Å²) in [6, 6.07) is 25.8. The van der Waals surface area contributed by atoms with E-state index < -0.39 is 0 Å². The monoisotopic (exact) mass is 388 g/mol. The van der Waals surface area contributed by atoms with E-state index in [1.165, 1.54) is 41.1 Å². The maximum absolute atomic E-state index is 2.75. The van der Waals surface area contributed by atoms with E-state index in [4.69, 9.17) is 0 Å². The molecule has 1 saturated heterocycles. The van der Waals surface area contributed by atoms with Gasteiger partial charge in [0.2, 0.25) is 0 Å². The van der Waals surface area contributed by atoms with Gasteiger partial charge in [-0.1, -0.05) is 54.6 Å². The largest absolute Gasteiger partial charge is 0.364 e. The molecule has 0 N–H and O–H groups in total. The van der Waals surface area contributed by atoms with Gasteiger partial charge in [0.05, 0.1) is 6.04 Å². The molecular formula is C25H28N2S. The van der Waals surface area contributed by atoms with Crippen LogP contribution in [0.4, 0.5) is 5.69 Å². The summed E-state index contributed by atoms with van der Waals surface area (Å²) in [5, 5.41) is 2.21. The first kappa shape index (κ1) is 18.0. The minimum absolute atomic E-state index is 0.456. The number of rotatable bonds is 4. The van der Waals surface area contributed by atoms with Crippen LogP contribution in [0, 0.1) is 5.92 Å². The van der Waals surface area contributed by atoms with Gasteiger partial charge >= 0.3 is 0 Å². The average Bonchev–Trinajstić information content (AvgIpc) is 3.26. The van der Waals surface area contributed by atoms with Gasteiger partial charge in [0.1, 0.15) is 0 Å². The van der Waals surface area contributed by atoms with Gasteiger partial charge in [-0.2, -0.15) is 0 Å². The number of para-hydroxylation sites is 1. The smallest absolute Gasteiger partial charge is 0.0588 e. The van der Waals surface area contributed by atoms with Gasteiger partial charge in [0, 0.05) is 35.6 Å². The van der Waals surface area contributed by atoms with Gasteiger partial charge in [0.25, 0.3) is 0 Å². The number of hydrogen-bond acceptors (Lipinski definition) is 3. The highest BCUT2D eigenvalue weighted by atomic mass is 32.1. The summed E-state index contributed by atoms with van der Waals surface area (Å²) in [5.74, 6) is 0.631. The second-order valence-electron chi connectivity index (χ2n) is 8.00. The molecule has 3 unspecified atom stereocenters. The number of piperidine rings is 1. The first-order valence-electron chi connectivity index (χ1n) is 10.5. The first-order valence-corrected chi connectivity index (χ1v) is 11.4. The number of hydrogen-bond donors (Lipinski definition) is 0. The Hall–Kier alpha value is -2.10. The predicted octanol–water partition coefficient (Wildman–Crippen LogP) is 6.28. The van der Waals surface area contributed by atoms with Crippen LogP contribution < -0.4 is 4.90 Å². The van der Waals surface area contributed by atoms with E-state index in [2.05, 4.69) is 88.8 Å². The summed E-state index contributed by atoms with van der Waals surface area (Å²) in [7, 11) is 0. The molecule has 2 aliphatic rings. The quantitative estimate of drug-likeness (QED) is 0.519. The molecule has 0 amide bonds. The van der Waals surface area contributed by atoms with Crippen molar-refractivity contribution in [1.82, 2.24) is 4.90 Å². The molecule has 0 bridgehead atoms. The number of nitrogens with zero attached hydrogens (tertiary/aromatic N) is 2. The fourth-order valence-electron chi connectivity index (χ4n) is 5.46. The Labute approximate surface area is 172 Å². The highest BCUT2D eigenvalue weighted by Gasteiger charge is 2.45. The lowest BCUT2D eigenvalue weighted by Gasteiger charge is -2.53. The van der Waals surface area contributed by atoms with Crippen molar-refractivity contribution in [2.75, 3.05) is 18.0 Å². The topological polar surface area (TPSA) is 6.48 Å². The third-order valence-electron chi connectivity index (χ3n) is 6.51. The second-order valence-corrected chi connectivity index (χ2v) is 9.03. The Morgan fingerprint density at radius 1 is 0.929 bits per heavy atom. The Balaban J connectivity index is 1.61. The Bertz CT molecular complexity index is 905. The van der Waals surface area contributed by atoms with E-state index in [0.717, 1.165) is 13.1 Å². The number of likely N-dealkylation sites (tertiary alicyclic amines) is 1. The first-order chi connectivity index (χ1) is 13.9. The minimum Gasteiger partial charge on any atom is -0.364 e. The SMILES string of the molecule is CCN1c2ccccc2C2C(CCCN2Cc2cccs2)C1c1ccccc1. The maximum atomic E-state index is 2.75. The Kier molecular flexibility index (Phi) is 4.96. The fraction of sp³-hybridized carbons (Fsp3) is 0.360. The number of benzene rings is 2. The minimum atomic E-state index is 0.456. The van der Waals surface area contributed by atoms with Crippen molar-refractivity contribution in [2.24, 2.45) is 5.92 Å². The number of anilines is 1. The lowest BCUT2D eigenvalue weighted by atomic mass is 9.73. The van der Waals surface area contributed by atoms with Crippen molar-refractivity contribution >= 4 is 17.0 Å². The van der Waals surface area contributed by atoms with Crippen LogP contribution in [0.2, 0.25) is 0 Å². The van der Waals surface area contributed by atoms with Crippen LogP contribution in [0.5, 0.6) is 0 Å². The van der Waals surface area contributed by atoms with Gasteiger partial charge in [0.15, 0.2) is 0 Å². The molecule has 3 atom stereocenters. The normalized spacial score (nSPS) is 24.6. The molecule has 0 aliphatic carbocycles. The molecule has 0 saturated carbocycles. The Morgan fingerprint density at radius 2 is 1.75 bits per heavy atom. The lowest BCUT2D eigenvalue weighted by Crippen LogP contribution is -2.49. The molecule has 3 heterocycles. The Morgan fingerprint density at radius 3 is 2.54 bits per heavy atom. The number of thiophene rings is 1. The highest BCUT2D eigenvalue weighted by molar-refractivity contribution is 7.09. The molecule has 1 fully saturated rings. The van der Waals surface area contributed by atoms with Gasteiger partial charge in [-0.05, 0) is 54.9 Å². The number of fused-ring (bicyclic) bond motifs is 3. The summed E-state index contributed by atoms with van der Waals surface area (Å²) in [6.07, 6.45) is 2.59. The molecule has 0 spiro atoms. The van der Waals surface area contributed by atoms with Gasteiger partial charge in [-0.3, -0.25) is 4.90 Å². The van der Waals surface area contributed by atoms with Crippen molar-refractivity contribution in [3.8, 4) is 0 Å². The van der Waals surface area contributed by atoms with Crippen LogP contribution in [0.3, 0.4) is 0 Å². The second kappa shape index (κ2) is 7.73. The molecule has 144 valence electrons. The molecule has 5 rings (SSSR count). The molecular weight excluding hydrogens is 360 g/mol. The van der Waals surface area contributed by atoms with Crippen LogP contribution in [-0.4, -0.2) is 18.0 Å². The summed E-state index contributed by atoms with van der Waals surface area (Å²) in [4.78, 5) is 6.88. The van der Waals surface area contributed by atoms with Gasteiger partial charge in [-0.25, -0.2) is 0 Å². The third-order valence-corrected chi connectivity index (χ3v) is 7.37. The lowest BCUT2D eigenvalue weighted by molar-refractivity contribution is 0.0632. The third kappa shape index (κ3) is 3.07. The molecule has 0 radical (unpaired) electrons. The maximum Gasteiger partial charge on any atom is 0.0588 e. The van der Waals surface area contributed by atoms with E-state index in [-0.39, 0.29) is 0 Å². The molecule has 2 aromatic carbocycles. The van der Waals surface area contributed by atoms with Crippen LogP contribution in [0.25, 0.3) is 0 Å². The van der Waals surface area contributed by atoms with E-state index in [0.29, 0.717) is 18.0 Å². The van der Waals surface area contributed by atoms with Gasteiger partial charge in [-0.15, -0.1) is 11.3 Å². The van der Waals surface area contributed by atoms with E-state index in [1.807, 2.05) is 11.3 Å². The van der Waals surface area contributed by atoms with Gasteiger partial charge < -0.3 is 4.90 Å². The van der Waals surface area contributed by atoms with Crippen LogP contribution in [0.1, 0.15) is 47.9 Å². The standard InChI is InChI=1S/C25H28N2S/c1-2-27-23-15-7-6-13-21(23)25-22(24(27)19-10-4-3-5-11-19)14-8-16-26(25)18-20-12-9-17-28-20/h3-7,9-13,15,17,22,24-25H,2,8,14,16,18H2,1H3. The molecule has 3 heteroatoms. The van der Waals surface area contributed by atoms with Crippen molar-refractivity contribution in [2.45, 2.75) is 38.4 Å². The van der Waals surface area contributed by atoms with Crippen LogP contribution in [-0.2, 0) is 6.54 Å². The molecule has 2 aliphatic heterocycles. The van der Waals surface area contributed by atoms with E-state index in [9.17, 15) is 0 Å². The zero-order chi connectivity index (χ0) is 18.9. The van der Waals surface area contributed by atoms with Crippen LogP contribution >= 0.6 is 11.3 Å². The molecule has 28 heavy (non-hydrogen) atoms. The predicted molar refractivity (Wildman–Crippen MR) is 119 cm³/mol. The zero-order valence-corrected chi connectivity index (χ0v) is 17.3. The molecule has 1 aromatic heterocycles. The fourth-order valence-corrected chi connectivity index (χ4v) is 6.19. The van der Waals surface area contributed by atoms with Crippen molar-refractivity contribution in [3.63, 3.8) is 0 Å². The summed E-state index contributed by atoms with van der Waals surface area (Å²) in [6.45, 7) is 5.62. The highest BCUT2D eigenvalue weighted by Crippen LogP contribution is 2.53. The van der Waals surface area contributed by atoms with Crippen molar-refractivity contribution < 1.29 is 0 Å². The average molecular weight is 389 g/mol. The molecule has 3 aromatic rings. The van der Waals surface area contributed by atoms with E-state index >= 15 is 0 Å². The zero-order valence-electron chi connectivity index (χ0n) is 16.5. The van der Waals surface area contributed by atoms with Crippen molar-refractivity contribution in [1.29, 1.82) is 0 Å². The van der Waals surface area contributed by atoms with E-state index in [1.54, 1.807) is 0 Å². The summed E-state index contributed by atoms with van der Waals surface area (Å²) >= 11 is 1.89. The van der Waals surface area contributed by atoms with Crippen LogP contribution in [0.15, 0.2) is 72.1 Å².